The molecule has 8 bridgehead atoms. The lowest BCUT2D eigenvalue weighted by Gasteiger charge is -2.46. The largest absolute Gasteiger partial charge is 0.374 e. The zero-order valence-electron chi connectivity index (χ0n) is 64.9. The lowest BCUT2D eigenvalue weighted by atomic mass is 10.0. The van der Waals surface area contributed by atoms with Crippen LogP contribution in [0.25, 0.3) is 0 Å². The maximum atomic E-state index is 7.34. The summed E-state index contributed by atoms with van der Waals surface area (Å²) in [5.74, 6) is -6.23. The maximum absolute atomic E-state index is 7.34. The molecule has 6 fully saturated rings. The van der Waals surface area contributed by atoms with Crippen LogP contribution in [0.15, 0.2) is 291 Å². The van der Waals surface area contributed by atoms with Crippen molar-refractivity contribution in [1.29, 1.82) is 0 Å². The van der Waals surface area contributed by atoms with E-state index in [9.17, 15) is 0 Å². The summed E-state index contributed by atoms with van der Waals surface area (Å²) >= 11 is 0. The molecule has 0 saturated carbocycles. The first-order valence-corrected chi connectivity index (χ1v) is 40.3. The highest BCUT2D eigenvalue weighted by atomic mass is 16.8. The van der Waals surface area contributed by atoms with E-state index < -0.39 is 96.4 Å². The van der Waals surface area contributed by atoms with Crippen molar-refractivity contribution in [2.75, 3.05) is 52.9 Å². The van der Waals surface area contributed by atoms with Gasteiger partial charge in [-0.25, -0.2) is 0 Å². The minimum absolute atomic E-state index is 0.0681. The predicted molar refractivity (Wildman–Crippen MR) is 426 cm³/mol. The van der Waals surface area contributed by atoms with E-state index in [1.807, 2.05) is 291 Å². The molecule has 0 aromatic heterocycles. The summed E-state index contributed by atoms with van der Waals surface area (Å²) in [7, 11) is 0. The van der Waals surface area contributed by atoms with Gasteiger partial charge in [-0.15, -0.1) is 0 Å². The van der Waals surface area contributed by atoms with Gasteiger partial charge in [0.05, 0.1) is 106 Å². The van der Waals surface area contributed by atoms with E-state index in [-0.39, 0.29) is 132 Å². The zero-order valence-corrected chi connectivity index (χ0v) is 64.9. The first-order chi connectivity index (χ1) is 57.3. The maximum Gasteiger partial charge on any atom is 0.222 e. The third kappa shape index (κ3) is 19.1. The summed E-state index contributed by atoms with van der Waals surface area (Å²) in [6.45, 7) is 2.14. The van der Waals surface area contributed by atoms with Gasteiger partial charge in [0.2, 0.25) is 23.1 Å². The topological polar surface area (TPSA) is 185 Å². The highest BCUT2D eigenvalue weighted by molar-refractivity contribution is 5.29. The van der Waals surface area contributed by atoms with Gasteiger partial charge in [-0.3, -0.25) is 0 Å². The second-order valence-electron chi connectivity index (χ2n) is 30.5. The molecule has 10 aliphatic rings. The smallest absolute Gasteiger partial charge is 0.222 e. The first-order valence-electron chi connectivity index (χ1n) is 40.3. The molecule has 10 heterocycles. The molecule has 116 heavy (non-hydrogen) atoms. The van der Waals surface area contributed by atoms with Crippen LogP contribution in [0, 0.1) is 0 Å². The molecule has 10 aromatic rings. The normalized spacial score (nSPS) is 29.6. The fourth-order valence-electron chi connectivity index (χ4n) is 16.4. The van der Waals surface area contributed by atoms with E-state index in [0.29, 0.717) is 0 Å². The minimum Gasteiger partial charge on any atom is -0.374 e. The molecule has 4 spiro atoms. The van der Waals surface area contributed by atoms with Crippen LogP contribution >= 0.6 is 0 Å². The molecule has 604 valence electrons. The Kier molecular flexibility index (Phi) is 26.4. The molecule has 0 unspecified atom stereocenters. The Balaban J connectivity index is 0.717. The van der Waals surface area contributed by atoms with Gasteiger partial charge in [0.15, 0.2) is 0 Å². The predicted octanol–water partition coefficient (Wildman–Crippen LogP) is 14.6. The van der Waals surface area contributed by atoms with Crippen LogP contribution in [0.2, 0.25) is 0 Å². The minimum atomic E-state index is -1.56. The molecular formula is C96H100O20. The standard InChI is InChI=1S/C96H100O20/c1-9-29-69(30-10-1)49-101-85-81-61-97-57-77-45-25-26-46-78(77)58-98-63-83-87(103-51-71-33-13-3-14-34-71)91(107-55-75-41-21-7-22-42-75)95(115-83)67-112-96(68-111-95)92(108-56-76-43-23-8-24-44-76)88(104-52-72-35-15-4-16-36-72)84(116-96)64-100-60-80-48-28-27-47-79(80)59-99-62-82-86(102-50-70-31-11-2-12-32-70)90(106-54-74-39-19-6-20-40-74)94(114-82)66-109-93(113-81,65-110-94)89(85)105-53-73-37-17-5-18-38-73/h1-48,81-92H,49-68H2/t81-,82-,83-,84-,85-,86-,87-,88-,89+,90+,91+,92+,93-,94+,95+,96+/m1/s1. The molecule has 6 saturated heterocycles. The van der Waals surface area contributed by atoms with Crippen molar-refractivity contribution in [3.05, 3.63) is 358 Å². The Morgan fingerprint density at radius 3 is 0.543 bits per heavy atom. The van der Waals surface area contributed by atoms with Gasteiger partial charge in [0.25, 0.3) is 0 Å². The van der Waals surface area contributed by atoms with Crippen LogP contribution < -0.4 is 0 Å². The van der Waals surface area contributed by atoms with Crippen molar-refractivity contribution in [2.45, 2.75) is 176 Å². The van der Waals surface area contributed by atoms with Gasteiger partial charge in [-0.2, -0.15) is 0 Å². The fourth-order valence-corrected chi connectivity index (χ4v) is 16.4. The van der Waals surface area contributed by atoms with Crippen molar-refractivity contribution in [3.8, 4) is 0 Å². The van der Waals surface area contributed by atoms with Gasteiger partial charge in [0.1, 0.15) is 99.7 Å². The number of benzene rings is 10. The molecule has 20 heteroatoms. The quantitative estimate of drug-likeness (QED) is 0.0556. The van der Waals surface area contributed by atoms with E-state index in [1.54, 1.807) is 0 Å². The van der Waals surface area contributed by atoms with Gasteiger partial charge in [0, 0.05) is 0 Å². The highest BCUT2D eigenvalue weighted by Crippen LogP contribution is 2.50. The zero-order chi connectivity index (χ0) is 78.1. The summed E-state index contributed by atoms with van der Waals surface area (Å²) in [6.07, 6.45) is -9.44. The molecule has 16 atom stereocenters. The van der Waals surface area contributed by atoms with E-state index in [2.05, 4.69) is 0 Å². The van der Waals surface area contributed by atoms with Crippen LogP contribution in [0.3, 0.4) is 0 Å². The molecular weight excluding hydrogens is 1470 g/mol. The van der Waals surface area contributed by atoms with Crippen molar-refractivity contribution in [2.24, 2.45) is 0 Å². The third-order valence-corrected chi connectivity index (χ3v) is 22.5. The van der Waals surface area contributed by atoms with Crippen LogP contribution in [-0.2, 0) is 174 Å². The Morgan fingerprint density at radius 1 is 0.207 bits per heavy atom. The van der Waals surface area contributed by atoms with Gasteiger partial charge >= 0.3 is 0 Å². The number of ether oxygens (including phenoxy) is 20. The molecule has 0 aliphatic carbocycles. The van der Waals surface area contributed by atoms with E-state index in [1.165, 1.54) is 0 Å². The molecule has 20 rings (SSSR count). The summed E-state index contributed by atoms with van der Waals surface area (Å²) in [4.78, 5) is 0. The molecule has 0 N–H and O–H groups in total. The van der Waals surface area contributed by atoms with Crippen LogP contribution in [-0.4, -0.2) is 149 Å². The van der Waals surface area contributed by atoms with Crippen LogP contribution in [0.5, 0.6) is 0 Å². The second-order valence-corrected chi connectivity index (χ2v) is 30.5. The lowest BCUT2D eigenvalue weighted by Crippen LogP contribution is -2.63. The molecule has 0 amide bonds. The van der Waals surface area contributed by atoms with Crippen LogP contribution in [0.4, 0.5) is 0 Å². The second kappa shape index (κ2) is 38.4. The van der Waals surface area contributed by atoms with Gasteiger partial charge in [-0.05, 0) is 66.8 Å². The average Bonchev–Trinajstić information content (AvgIpc) is 1.57. The molecule has 0 radical (unpaired) electrons. The highest BCUT2D eigenvalue weighted by Gasteiger charge is 2.69. The number of rotatable bonds is 24. The van der Waals surface area contributed by atoms with E-state index >= 15 is 0 Å². The first kappa shape index (κ1) is 79.8. The third-order valence-electron chi connectivity index (χ3n) is 22.5. The summed E-state index contributed by atoms with van der Waals surface area (Å²) in [5.41, 5.74) is 11.2. The van der Waals surface area contributed by atoms with Crippen molar-refractivity contribution < 1.29 is 94.7 Å². The van der Waals surface area contributed by atoms with Crippen molar-refractivity contribution in [1.82, 2.24) is 0 Å². The number of hydrogen-bond donors (Lipinski definition) is 0. The molecule has 10 aliphatic heterocycles. The molecule has 20 nitrogen and oxygen atoms in total. The van der Waals surface area contributed by atoms with Gasteiger partial charge < -0.3 is 94.7 Å². The Hall–Kier alpha value is -8.60. The van der Waals surface area contributed by atoms with Crippen LogP contribution in [0.1, 0.15) is 66.8 Å². The van der Waals surface area contributed by atoms with Gasteiger partial charge in [-0.1, -0.05) is 291 Å². The average molecular weight is 1570 g/mol. The number of hydrogen-bond acceptors (Lipinski definition) is 20. The summed E-state index contributed by atoms with van der Waals surface area (Å²) in [6, 6.07) is 96.4. The fraction of sp³-hybridized carbons (Fsp3) is 0.375. The van der Waals surface area contributed by atoms with E-state index in [4.69, 9.17) is 94.7 Å². The summed E-state index contributed by atoms with van der Waals surface area (Å²) < 4.78 is 143. The Bertz CT molecular complexity index is 4020. The summed E-state index contributed by atoms with van der Waals surface area (Å²) in [5, 5.41) is 0. The Morgan fingerprint density at radius 2 is 0.371 bits per heavy atom. The van der Waals surface area contributed by atoms with Crippen molar-refractivity contribution >= 4 is 0 Å². The monoisotopic (exact) mass is 1570 g/mol. The molecule has 10 aromatic carbocycles. The lowest BCUT2D eigenvalue weighted by molar-refractivity contribution is -0.406. The van der Waals surface area contributed by atoms with E-state index in [0.717, 1.165) is 66.8 Å². The Labute approximate surface area is 677 Å². The SMILES string of the molecule is c1ccc(CO[C@@H]2[C@H]3COCc4ccccc4COC[C@H]4O[C@@]5(CO[C@]6(CO5)O[C@H](COCc5ccccc5COC[C@H]5O[C@@]7(CO[C@@](CO7)(O3)[C@H]2OCc2ccccc2)[C@@H](OCc2ccccc2)[C@@H]5OCc2ccccc2)[C@@H](OCc2ccccc2)[C@@H]6OCc2ccccc2)[C@@H](OCc2ccccc2)[C@@H]4OCc2ccccc2)cc1. The van der Waals surface area contributed by atoms with Crippen molar-refractivity contribution in [3.63, 3.8) is 0 Å².